The number of benzene rings is 1. The van der Waals surface area contributed by atoms with Gasteiger partial charge in [0.2, 0.25) is 0 Å². The van der Waals surface area contributed by atoms with Crippen molar-refractivity contribution in [3.8, 4) is 6.07 Å². The Morgan fingerprint density at radius 2 is 1.79 bits per heavy atom. The van der Waals surface area contributed by atoms with Crippen LogP contribution in [-0.2, 0) is 4.74 Å². The van der Waals surface area contributed by atoms with E-state index in [1.165, 1.54) is 5.56 Å². The number of rotatable bonds is 3. The van der Waals surface area contributed by atoms with E-state index in [9.17, 15) is 0 Å². The van der Waals surface area contributed by atoms with Crippen LogP contribution in [0.3, 0.4) is 0 Å². The van der Waals surface area contributed by atoms with Crippen LogP contribution in [0.15, 0.2) is 24.3 Å². The van der Waals surface area contributed by atoms with Crippen molar-refractivity contribution in [2.75, 3.05) is 0 Å². The molecule has 1 N–H and O–H groups in total. The molecule has 1 aliphatic rings. The fourth-order valence-electron chi connectivity index (χ4n) is 2.84. The highest BCUT2D eigenvalue weighted by molar-refractivity contribution is 5.32. The summed E-state index contributed by atoms with van der Waals surface area (Å²) in [5, 5.41) is 12.5. The first-order valence-electron chi connectivity index (χ1n) is 7.00. The van der Waals surface area contributed by atoms with Crippen molar-refractivity contribution in [1.82, 2.24) is 5.32 Å². The lowest BCUT2D eigenvalue weighted by atomic mass is 9.97. The van der Waals surface area contributed by atoms with Crippen molar-refractivity contribution in [2.24, 2.45) is 0 Å². The Balaban J connectivity index is 1.96. The summed E-state index contributed by atoms with van der Waals surface area (Å²) >= 11 is 0. The molecule has 102 valence electrons. The van der Waals surface area contributed by atoms with Crippen LogP contribution in [0, 0.1) is 11.3 Å². The molecule has 1 aromatic carbocycles. The molecule has 1 fully saturated rings. The van der Waals surface area contributed by atoms with Crippen LogP contribution in [0.2, 0.25) is 0 Å². The summed E-state index contributed by atoms with van der Waals surface area (Å²) in [6, 6.07) is 10.8. The molecule has 0 aromatic heterocycles. The van der Waals surface area contributed by atoms with E-state index in [0.29, 0.717) is 29.9 Å². The second kappa shape index (κ2) is 6.18. The number of hydrogen-bond acceptors (Lipinski definition) is 3. The van der Waals surface area contributed by atoms with Crippen molar-refractivity contribution < 1.29 is 4.74 Å². The first-order valence-corrected chi connectivity index (χ1v) is 7.00. The van der Waals surface area contributed by atoms with E-state index in [1.54, 1.807) is 0 Å². The third-order valence-corrected chi connectivity index (χ3v) is 3.72. The van der Waals surface area contributed by atoms with Gasteiger partial charge >= 0.3 is 0 Å². The lowest BCUT2D eigenvalue weighted by molar-refractivity contribution is -0.0433. The smallest absolute Gasteiger partial charge is 0.0991 e. The third-order valence-electron chi connectivity index (χ3n) is 3.72. The summed E-state index contributed by atoms with van der Waals surface area (Å²) in [5.74, 6) is 0. The molecule has 0 radical (unpaired) electrons. The molecule has 0 aliphatic carbocycles. The van der Waals surface area contributed by atoms with Crippen molar-refractivity contribution in [2.45, 2.75) is 57.9 Å². The predicted octanol–water partition coefficient (Wildman–Crippen LogP) is 3.16. The molecule has 2 rings (SSSR count). The zero-order valence-electron chi connectivity index (χ0n) is 11.9. The molecule has 19 heavy (non-hydrogen) atoms. The molecule has 0 amide bonds. The zero-order valence-corrected chi connectivity index (χ0v) is 11.9. The normalized spacial score (nSPS) is 28.6. The van der Waals surface area contributed by atoms with Gasteiger partial charge in [-0.25, -0.2) is 0 Å². The van der Waals surface area contributed by atoms with Crippen LogP contribution in [0.5, 0.6) is 0 Å². The van der Waals surface area contributed by atoms with Crippen LogP contribution >= 0.6 is 0 Å². The summed E-state index contributed by atoms with van der Waals surface area (Å²) < 4.78 is 5.76. The number of ether oxygens (including phenoxy) is 1. The fraction of sp³-hybridized carbons (Fsp3) is 0.562. The van der Waals surface area contributed by atoms with Crippen LogP contribution < -0.4 is 5.32 Å². The van der Waals surface area contributed by atoms with Gasteiger partial charge in [0.05, 0.1) is 23.8 Å². The zero-order chi connectivity index (χ0) is 13.8. The van der Waals surface area contributed by atoms with Crippen LogP contribution in [-0.4, -0.2) is 18.2 Å². The molecule has 3 atom stereocenters. The molecule has 1 saturated heterocycles. The summed E-state index contributed by atoms with van der Waals surface area (Å²) in [5.41, 5.74) is 1.94. The van der Waals surface area contributed by atoms with Crippen molar-refractivity contribution in [3.63, 3.8) is 0 Å². The Kier molecular flexibility index (Phi) is 4.57. The molecular weight excluding hydrogens is 236 g/mol. The maximum Gasteiger partial charge on any atom is 0.0991 e. The number of nitrogens with one attached hydrogen (secondary N) is 1. The fourth-order valence-corrected chi connectivity index (χ4v) is 2.84. The largest absolute Gasteiger partial charge is 0.375 e. The third kappa shape index (κ3) is 3.79. The second-order valence-corrected chi connectivity index (χ2v) is 5.55. The Hall–Kier alpha value is -1.37. The van der Waals surface area contributed by atoms with Crippen LogP contribution in [0.1, 0.15) is 50.8 Å². The lowest BCUT2D eigenvalue weighted by Gasteiger charge is -2.34. The number of nitriles is 1. The van der Waals surface area contributed by atoms with Gasteiger partial charge in [0.15, 0.2) is 0 Å². The molecule has 1 heterocycles. The minimum Gasteiger partial charge on any atom is -0.375 e. The molecule has 0 saturated carbocycles. The quantitative estimate of drug-likeness (QED) is 0.905. The maximum atomic E-state index is 8.81. The summed E-state index contributed by atoms with van der Waals surface area (Å²) in [7, 11) is 0. The van der Waals surface area contributed by atoms with E-state index in [1.807, 2.05) is 24.3 Å². The number of hydrogen-bond donors (Lipinski definition) is 1. The average molecular weight is 258 g/mol. The number of nitrogens with zero attached hydrogens (tertiary/aromatic N) is 1. The van der Waals surface area contributed by atoms with Gasteiger partial charge in [-0.2, -0.15) is 5.26 Å². The Morgan fingerprint density at radius 3 is 2.32 bits per heavy atom. The standard InChI is InChI=1S/C16H22N2O/c1-11-8-16(9-12(2)19-11)18-13(3)15-6-4-14(10-17)5-7-15/h4-7,11-13,16,18H,8-9H2,1-3H3. The highest BCUT2D eigenvalue weighted by atomic mass is 16.5. The van der Waals surface area contributed by atoms with Gasteiger partial charge in [0, 0.05) is 12.1 Å². The predicted molar refractivity (Wildman–Crippen MR) is 75.7 cm³/mol. The SMILES string of the molecule is CC1CC(NC(C)c2ccc(C#N)cc2)CC(C)O1. The molecule has 3 unspecified atom stereocenters. The molecule has 1 aromatic rings. The van der Waals surface area contributed by atoms with Gasteiger partial charge in [-0.3, -0.25) is 0 Å². The van der Waals surface area contributed by atoms with E-state index in [-0.39, 0.29) is 0 Å². The van der Waals surface area contributed by atoms with E-state index in [4.69, 9.17) is 10.00 Å². The maximum absolute atomic E-state index is 8.81. The highest BCUT2D eigenvalue weighted by Gasteiger charge is 2.25. The van der Waals surface area contributed by atoms with Crippen LogP contribution in [0.25, 0.3) is 0 Å². The lowest BCUT2D eigenvalue weighted by Crippen LogP contribution is -2.42. The van der Waals surface area contributed by atoms with Gasteiger partial charge < -0.3 is 10.1 Å². The van der Waals surface area contributed by atoms with Gasteiger partial charge in [-0.1, -0.05) is 12.1 Å². The van der Waals surface area contributed by atoms with Crippen molar-refractivity contribution >= 4 is 0 Å². The molecule has 1 aliphatic heterocycles. The van der Waals surface area contributed by atoms with Gasteiger partial charge in [0.25, 0.3) is 0 Å². The minimum absolute atomic E-state index is 0.301. The second-order valence-electron chi connectivity index (χ2n) is 5.55. The van der Waals surface area contributed by atoms with E-state index < -0.39 is 0 Å². The molecule has 0 spiro atoms. The van der Waals surface area contributed by atoms with Crippen LogP contribution in [0.4, 0.5) is 0 Å². The summed E-state index contributed by atoms with van der Waals surface area (Å²) in [6.45, 7) is 6.44. The highest BCUT2D eigenvalue weighted by Crippen LogP contribution is 2.22. The van der Waals surface area contributed by atoms with Gasteiger partial charge in [-0.15, -0.1) is 0 Å². The summed E-state index contributed by atoms with van der Waals surface area (Å²) in [4.78, 5) is 0. The molecule has 0 bridgehead atoms. The minimum atomic E-state index is 0.301. The molecule has 3 heteroatoms. The Labute approximate surface area is 115 Å². The van der Waals surface area contributed by atoms with Crippen molar-refractivity contribution in [1.29, 1.82) is 5.26 Å². The average Bonchev–Trinajstić information content (AvgIpc) is 2.37. The first kappa shape index (κ1) is 14.0. The Morgan fingerprint density at radius 1 is 1.21 bits per heavy atom. The van der Waals surface area contributed by atoms with Crippen molar-refractivity contribution in [3.05, 3.63) is 35.4 Å². The van der Waals surface area contributed by atoms with E-state index in [2.05, 4.69) is 32.2 Å². The molecule has 3 nitrogen and oxygen atoms in total. The monoisotopic (exact) mass is 258 g/mol. The van der Waals surface area contributed by atoms with Gasteiger partial charge in [0.1, 0.15) is 0 Å². The van der Waals surface area contributed by atoms with Gasteiger partial charge in [-0.05, 0) is 51.3 Å². The topological polar surface area (TPSA) is 45.0 Å². The Bertz CT molecular complexity index is 439. The summed E-state index contributed by atoms with van der Waals surface area (Å²) in [6.07, 6.45) is 2.78. The van der Waals surface area contributed by atoms with E-state index >= 15 is 0 Å². The van der Waals surface area contributed by atoms with E-state index in [0.717, 1.165) is 12.8 Å². The first-order chi connectivity index (χ1) is 9.08. The molecular formula is C16H22N2O.